The number of para-hydroxylation sites is 2. The molecule has 9 heteroatoms. The zero-order valence-electron chi connectivity index (χ0n) is 17.3. The van der Waals surface area contributed by atoms with Crippen LogP contribution in [0, 0.1) is 10.1 Å². The molecule has 32 heavy (non-hydrogen) atoms. The van der Waals surface area contributed by atoms with E-state index in [4.69, 9.17) is 15.2 Å². The Labute approximate surface area is 184 Å². The van der Waals surface area contributed by atoms with Crippen molar-refractivity contribution in [2.45, 2.75) is 18.9 Å². The third-order valence-corrected chi connectivity index (χ3v) is 5.26. The van der Waals surface area contributed by atoms with Crippen molar-refractivity contribution in [3.05, 3.63) is 94.0 Å². The van der Waals surface area contributed by atoms with Crippen molar-refractivity contribution < 1.29 is 19.2 Å². The Bertz CT molecular complexity index is 1140. The number of carbonyl (C=O) groups excluding carboxylic acids is 1. The first-order valence-electron chi connectivity index (χ1n) is 9.91. The van der Waals surface area contributed by atoms with Crippen molar-refractivity contribution in [2.75, 3.05) is 12.4 Å². The first kappa shape index (κ1) is 21.1. The summed E-state index contributed by atoms with van der Waals surface area (Å²) in [4.78, 5) is 25.4. The number of primary amides is 1. The van der Waals surface area contributed by atoms with Crippen LogP contribution in [0.5, 0.6) is 11.5 Å². The van der Waals surface area contributed by atoms with Gasteiger partial charge in [-0.05, 0) is 36.4 Å². The Morgan fingerprint density at radius 3 is 2.53 bits per heavy atom. The number of hydrogen-bond donors (Lipinski definition) is 2. The van der Waals surface area contributed by atoms with E-state index in [1.807, 2.05) is 18.2 Å². The van der Waals surface area contributed by atoms with Gasteiger partial charge in [-0.15, -0.1) is 0 Å². The van der Waals surface area contributed by atoms with Crippen molar-refractivity contribution in [1.82, 2.24) is 4.90 Å². The van der Waals surface area contributed by atoms with Crippen LogP contribution in [-0.4, -0.2) is 29.0 Å². The molecule has 0 aliphatic carbocycles. The molecule has 3 N–H and O–H groups in total. The molecule has 0 saturated heterocycles. The molecule has 0 saturated carbocycles. The number of nitrogens with zero attached hydrogens (tertiary/aromatic N) is 2. The van der Waals surface area contributed by atoms with Gasteiger partial charge in [0.1, 0.15) is 11.5 Å². The van der Waals surface area contributed by atoms with E-state index in [9.17, 15) is 14.9 Å². The van der Waals surface area contributed by atoms with Gasteiger partial charge in [0.05, 0.1) is 17.6 Å². The van der Waals surface area contributed by atoms with Gasteiger partial charge in [-0.25, -0.2) is 4.90 Å². The SMILES string of the molecule is COc1ccc(NC(C(N)=O)N2Cc3ccccc3OC2c2ccccc2[N+](=O)[O-])cc1. The van der Waals surface area contributed by atoms with Gasteiger partial charge in [0, 0.05) is 23.9 Å². The van der Waals surface area contributed by atoms with Gasteiger partial charge in [0.2, 0.25) is 0 Å². The van der Waals surface area contributed by atoms with E-state index < -0.39 is 23.2 Å². The van der Waals surface area contributed by atoms with Gasteiger partial charge in [-0.3, -0.25) is 14.9 Å². The number of nitro groups is 1. The summed E-state index contributed by atoms with van der Waals surface area (Å²) in [5.41, 5.74) is 7.47. The number of nitro benzene ring substituents is 1. The van der Waals surface area contributed by atoms with Gasteiger partial charge in [-0.2, -0.15) is 0 Å². The standard InChI is InChI=1S/C23H22N4O5/c1-31-17-12-10-16(11-13-17)25-22(21(24)28)26-14-15-6-2-5-9-20(15)32-23(26)18-7-3-4-8-19(18)27(29)30/h2-13,22-23,25H,14H2,1H3,(H2,24,28). The average molecular weight is 434 g/mol. The molecule has 9 nitrogen and oxygen atoms in total. The van der Waals surface area contributed by atoms with Crippen LogP contribution in [0.4, 0.5) is 11.4 Å². The van der Waals surface area contributed by atoms with Crippen LogP contribution in [0.3, 0.4) is 0 Å². The molecule has 0 radical (unpaired) electrons. The number of hydrogen-bond acceptors (Lipinski definition) is 7. The minimum atomic E-state index is -0.999. The van der Waals surface area contributed by atoms with Gasteiger partial charge >= 0.3 is 0 Å². The Kier molecular flexibility index (Phi) is 5.91. The summed E-state index contributed by atoms with van der Waals surface area (Å²) in [6.07, 6.45) is -1.91. The van der Waals surface area contributed by atoms with Crippen LogP contribution in [0.2, 0.25) is 0 Å². The van der Waals surface area contributed by atoms with Gasteiger partial charge in [-0.1, -0.05) is 30.3 Å². The Balaban J connectivity index is 1.76. The number of amides is 1. The molecule has 0 aromatic heterocycles. The number of benzene rings is 3. The van der Waals surface area contributed by atoms with E-state index in [0.29, 0.717) is 29.3 Å². The third-order valence-electron chi connectivity index (χ3n) is 5.26. The first-order chi connectivity index (χ1) is 15.5. The van der Waals surface area contributed by atoms with Crippen LogP contribution in [0.25, 0.3) is 0 Å². The van der Waals surface area contributed by atoms with Crippen LogP contribution >= 0.6 is 0 Å². The summed E-state index contributed by atoms with van der Waals surface area (Å²) in [6.45, 7) is 0.295. The van der Waals surface area contributed by atoms with E-state index in [1.165, 1.54) is 6.07 Å². The van der Waals surface area contributed by atoms with Gasteiger partial charge in [0.25, 0.3) is 11.6 Å². The number of nitrogens with two attached hydrogens (primary N) is 1. The molecule has 1 heterocycles. The molecule has 1 aliphatic heterocycles. The second-order valence-electron chi connectivity index (χ2n) is 7.24. The quantitative estimate of drug-likeness (QED) is 0.432. The summed E-state index contributed by atoms with van der Waals surface area (Å²) in [7, 11) is 1.56. The van der Waals surface area contributed by atoms with E-state index >= 15 is 0 Å². The highest BCUT2D eigenvalue weighted by Gasteiger charge is 2.39. The fraction of sp³-hybridized carbons (Fsp3) is 0.174. The minimum absolute atomic E-state index is 0.102. The number of anilines is 1. The fourth-order valence-electron chi connectivity index (χ4n) is 3.71. The first-order valence-corrected chi connectivity index (χ1v) is 9.91. The lowest BCUT2D eigenvalue weighted by Crippen LogP contribution is -2.53. The predicted molar refractivity (Wildman–Crippen MR) is 118 cm³/mol. The number of methoxy groups -OCH3 is 1. The van der Waals surface area contributed by atoms with Crippen molar-refractivity contribution >= 4 is 17.3 Å². The monoisotopic (exact) mass is 434 g/mol. The molecule has 0 bridgehead atoms. The van der Waals surface area contributed by atoms with E-state index in [0.717, 1.165) is 5.56 Å². The van der Waals surface area contributed by atoms with Crippen molar-refractivity contribution in [3.8, 4) is 11.5 Å². The fourth-order valence-corrected chi connectivity index (χ4v) is 3.71. The van der Waals surface area contributed by atoms with Crippen molar-refractivity contribution in [3.63, 3.8) is 0 Å². The van der Waals surface area contributed by atoms with Crippen LogP contribution < -0.4 is 20.5 Å². The van der Waals surface area contributed by atoms with Gasteiger partial charge < -0.3 is 20.5 Å². The lowest BCUT2D eigenvalue weighted by molar-refractivity contribution is -0.386. The highest BCUT2D eigenvalue weighted by Crippen LogP contribution is 2.39. The highest BCUT2D eigenvalue weighted by molar-refractivity contribution is 5.82. The summed E-state index contributed by atoms with van der Waals surface area (Å²) in [6, 6.07) is 20.7. The predicted octanol–water partition coefficient (Wildman–Crippen LogP) is 3.42. The summed E-state index contributed by atoms with van der Waals surface area (Å²) >= 11 is 0. The van der Waals surface area contributed by atoms with Crippen molar-refractivity contribution in [2.24, 2.45) is 5.73 Å². The average Bonchev–Trinajstić information content (AvgIpc) is 2.82. The Morgan fingerprint density at radius 2 is 1.84 bits per heavy atom. The molecule has 164 valence electrons. The molecule has 4 rings (SSSR count). The Morgan fingerprint density at radius 1 is 1.16 bits per heavy atom. The smallest absolute Gasteiger partial charge is 0.277 e. The second kappa shape index (κ2) is 8.94. The maximum absolute atomic E-state index is 12.5. The molecule has 1 amide bonds. The number of rotatable bonds is 7. The van der Waals surface area contributed by atoms with E-state index in [-0.39, 0.29) is 5.69 Å². The lowest BCUT2D eigenvalue weighted by atomic mass is 10.1. The largest absolute Gasteiger partial charge is 0.497 e. The summed E-state index contributed by atoms with van der Waals surface area (Å²) in [5.74, 6) is 0.617. The molecule has 2 atom stereocenters. The Hall–Kier alpha value is -4.11. The third kappa shape index (κ3) is 4.19. The van der Waals surface area contributed by atoms with Gasteiger partial charge in [0.15, 0.2) is 12.4 Å². The maximum Gasteiger partial charge on any atom is 0.277 e. The zero-order valence-corrected chi connectivity index (χ0v) is 17.3. The molecule has 0 spiro atoms. The molecular formula is C23H22N4O5. The normalized spacial score (nSPS) is 16.3. The number of ether oxygens (including phenoxy) is 2. The second-order valence-corrected chi connectivity index (χ2v) is 7.24. The number of nitrogens with one attached hydrogen (secondary N) is 1. The molecule has 0 fully saturated rings. The van der Waals surface area contributed by atoms with E-state index in [1.54, 1.807) is 60.5 Å². The minimum Gasteiger partial charge on any atom is -0.497 e. The van der Waals surface area contributed by atoms with Crippen LogP contribution in [-0.2, 0) is 11.3 Å². The molecule has 1 aliphatic rings. The highest BCUT2D eigenvalue weighted by atomic mass is 16.6. The van der Waals surface area contributed by atoms with Crippen LogP contribution in [0.1, 0.15) is 17.4 Å². The molecule has 3 aromatic carbocycles. The zero-order chi connectivity index (χ0) is 22.7. The van der Waals surface area contributed by atoms with E-state index in [2.05, 4.69) is 5.32 Å². The van der Waals surface area contributed by atoms with Crippen LogP contribution in [0.15, 0.2) is 72.8 Å². The number of carbonyl (C=O) groups is 1. The van der Waals surface area contributed by atoms with Crippen molar-refractivity contribution in [1.29, 1.82) is 0 Å². The summed E-state index contributed by atoms with van der Waals surface area (Å²) < 4.78 is 11.4. The lowest BCUT2D eigenvalue weighted by Gasteiger charge is -2.40. The summed E-state index contributed by atoms with van der Waals surface area (Å²) in [5, 5.41) is 14.8. The number of fused-ring (bicyclic) bond motifs is 1. The molecule has 2 unspecified atom stereocenters. The molecular weight excluding hydrogens is 412 g/mol. The molecule has 3 aromatic rings. The topological polar surface area (TPSA) is 120 Å². The maximum atomic E-state index is 12.5.